The molecule has 17 heavy (non-hydrogen) atoms. The Labute approximate surface area is 105 Å². The molecular formula is C9H3BrF4N2S. The molecule has 2 rings (SSSR count). The predicted molar refractivity (Wildman–Crippen MR) is 58.0 cm³/mol. The molecule has 2 nitrogen and oxygen atoms in total. The largest absolute Gasteiger partial charge is 0.419 e. The van der Waals surface area contributed by atoms with Crippen LogP contribution >= 0.6 is 27.3 Å². The van der Waals surface area contributed by atoms with Gasteiger partial charge in [-0.05, 0) is 34.1 Å². The predicted octanol–water partition coefficient (Wildman–Crippen LogP) is 4.13. The summed E-state index contributed by atoms with van der Waals surface area (Å²) in [6.07, 6.45) is -4.72. The molecule has 0 aliphatic heterocycles. The number of nitrogens with zero attached hydrogens (tertiary/aromatic N) is 2. The summed E-state index contributed by atoms with van der Waals surface area (Å²) in [6, 6.07) is 2.73. The van der Waals surface area contributed by atoms with Gasteiger partial charge in [0.2, 0.25) is 0 Å². The average Bonchev–Trinajstić information content (AvgIpc) is 2.64. The van der Waals surface area contributed by atoms with Crippen molar-refractivity contribution in [2.24, 2.45) is 0 Å². The van der Waals surface area contributed by atoms with Crippen LogP contribution in [0.1, 0.15) is 5.56 Å². The van der Waals surface area contributed by atoms with Gasteiger partial charge in [-0.3, -0.25) is 0 Å². The first kappa shape index (κ1) is 12.4. The zero-order chi connectivity index (χ0) is 12.6. The van der Waals surface area contributed by atoms with Crippen LogP contribution in [0.5, 0.6) is 0 Å². The zero-order valence-corrected chi connectivity index (χ0v) is 10.3. The minimum Gasteiger partial charge on any atom is -0.206 e. The highest BCUT2D eigenvalue weighted by molar-refractivity contribution is 9.11. The fourth-order valence-corrected chi connectivity index (χ4v) is 2.30. The molecule has 1 aromatic carbocycles. The van der Waals surface area contributed by atoms with E-state index in [9.17, 15) is 17.6 Å². The molecule has 0 aliphatic rings. The summed E-state index contributed by atoms with van der Waals surface area (Å²) < 4.78 is 50.9. The maximum absolute atomic E-state index is 13.0. The smallest absolute Gasteiger partial charge is 0.206 e. The van der Waals surface area contributed by atoms with Crippen LogP contribution < -0.4 is 0 Å². The molecule has 1 heterocycles. The van der Waals surface area contributed by atoms with Crippen molar-refractivity contribution in [2.45, 2.75) is 6.18 Å². The molecular weight excluding hydrogens is 324 g/mol. The maximum atomic E-state index is 13.0. The molecule has 0 radical (unpaired) electrons. The lowest BCUT2D eigenvalue weighted by atomic mass is 10.1. The number of hydrogen-bond acceptors (Lipinski definition) is 3. The van der Waals surface area contributed by atoms with Gasteiger partial charge in [0, 0.05) is 5.56 Å². The highest BCUT2D eigenvalue weighted by Crippen LogP contribution is 2.35. The Hall–Kier alpha value is -1.02. The highest BCUT2D eigenvalue weighted by atomic mass is 79.9. The van der Waals surface area contributed by atoms with Crippen LogP contribution in [0.25, 0.3) is 10.6 Å². The van der Waals surface area contributed by atoms with E-state index in [0.717, 1.165) is 23.5 Å². The van der Waals surface area contributed by atoms with E-state index in [1.54, 1.807) is 0 Å². The number of alkyl halides is 3. The van der Waals surface area contributed by atoms with Crippen molar-refractivity contribution >= 4 is 27.3 Å². The third-order valence-corrected chi connectivity index (χ3v) is 3.32. The van der Waals surface area contributed by atoms with E-state index in [0.29, 0.717) is 8.92 Å². The second-order valence-corrected chi connectivity index (χ2v) is 5.31. The van der Waals surface area contributed by atoms with Crippen molar-refractivity contribution in [1.29, 1.82) is 0 Å². The minimum atomic E-state index is -4.72. The first-order chi connectivity index (χ1) is 7.88. The molecule has 2 aromatic rings. The maximum Gasteiger partial charge on any atom is 0.419 e. The molecule has 0 unspecified atom stereocenters. The van der Waals surface area contributed by atoms with Crippen LogP contribution in [-0.4, -0.2) is 10.2 Å². The van der Waals surface area contributed by atoms with Gasteiger partial charge in [0.05, 0.1) is 5.56 Å². The highest BCUT2D eigenvalue weighted by Gasteiger charge is 2.34. The van der Waals surface area contributed by atoms with Crippen molar-refractivity contribution in [3.8, 4) is 10.6 Å². The van der Waals surface area contributed by atoms with Gasteiger partial charge in [0.15, 0.2) is 3.92 Å². The minimum absolute atomic E-state index is 0.182. The zero-order valence-electron chi connectivity index (χ0n) is 7.92. The van der Waals surface area contributed by atoms with Crippen LogP contribution in [0.3, 0.4) is 0 Å². The summed E-state index contributed by atoms with van der Waals surface area (Å²) >= 11 is 4.12. The summed E-state index contributed by atoms with van der Waals surface area (Å²) in [4.78, 5) is 0. The van der Waals surface area contributed by atoms with E-state index < -0.39 is 17.6 Å². The Kier molecular flexibility index (Phi) is 3.17. The van der Waals surface area contributed by atoms with Crippen LogP contribution in [0.15, 0.2) is 22.1 Å². The van der Waals surface area contributed by atoms with Crippen molar-refractivity contribution in [3.05, 3.63) is 33.5 Å². The van der Waals surface area contributed by atoms with E-state index in [1.807, 2.05) is 0 Å². The number of hydrogen-bond donors (Lipinski definition) is 0. The second kappa shape index (κ2) is 4.34. The van der Waals surface area contributed by atoms with E-state index in [-0.39, 0.29) is 5.56 Å². The first-order valence-electron chi connectivity index (χ1n) is 4.24. The Morgan fingerprint density at radius 1 is 1.18 bits per heavy atom. The SMILES string of the molecule is Fc1ccc(-c2nnc(Br)s2)cc1C(F)(F)F. The summed E-state index contributed by atoms with van der Waals surface area (Å²) in [5.41, 5.74) is -1.12. The van der Waals surface area contributed by atoms with Gasteiger partial charge in [0.25, 0.3) is 0 Å². The molecule has 0 aliphatic carbocycles. The van der Waals surface area contributed by atoms with Gasteiger partial charge in [0.1, 0.15) is 10.8 Å². The fourth-order valence-electron chi connectivity index (χ4n) is 1.20. The number of halogens is 5. The fraction of sp³-hybridized carbons (Fsp3) is 0.111. The summed E-state index contributed by atoms with van der Waals surface area (Å²) in [5, 5.41) is 7.58. The molecule has 0 saturated carbocycles. The van der Waals surface area contributed by atoms with Crippen molar-refractivity contribution in [1.82, 2.24) is 10.2 Å². The Balaban J connectivity index is 2.51. The molecule has 0 bridgehead atoms. The standard InChI is InChI=1S/C9H3BrF4N2S/c10-8-16-15-7(17-8)4-1-2-6(11)5(3-4)9(12,13)14/h1-3H. The topological polar surface area (TPSA) is 25.8 Å². The van der Waals surface area contributed by atoms with Crippen molar-refractivity contribution in [2.75, 3.05) is 0 Å². The molecule has 0 saturated heterocycles. The Bertz CT molecular complexity index is 552. The van der Waals surface area contributed by atoms with Gasteiger partial charge in [-0.15, -0.1) is 10.2 Å². The summed E-state index contributed by atoms with van der Waals surface area (Å²) in [7, 11) is 0. The molecule has 0 spiro atoms. The quantitative estimate of drug-likeness (QED) is 0.736. The van der Waals surface area contributed by atoms with Gasteiger partial charge in [-0.2, -0.15) is 13.2 Å². The van der Waals surface area contributed by atoms with E-state index in [1.165, 1.54) is 6.07 Å². The molecule has 0 fully saturated rings. The second-order valence-electron chi connectivity index (χ2n) is 3.05. The molecule has 8 heteroatoms. The third kappa shape index (κ3) is 2.63. The summed E-state index contributed by atoms with van der Waals surface area (Å²) in [6.45, 7) is 0. The average molecular weight is 327 g/mol. The molecule has 0 atom stereocenters. The normalized spacial score (nSPS) is 11.8. The number of rotatable bonds is 1. The number of benzene rings is 1. The van der Waals surface area contributed by atoms with E-state index in [4.69, 9.17) is 0 Å². The van der Waals surface area contributed by atoms with Crippen LogP contribution in [0.4, 0.5) is 17.6 Å². The van der Waals surface area contributed by atoms with Gasteiger partial charge >= 0.3 is 6.18 Å². The Morgan fingerprint density at radius 2 is 1.88 bits per heavy atom. The van der Waals surface area contributed by atoms with Crippen LogP contribution in [0, 0.1) is 5.82 Å². The lowest BCUT2D eigenvalue weighted by Gasteiger charge is -2.08. The Morgan fingerprint density at radius 3 is 2.41 bits per heavy atom. The summed E-state index contributed by atoms with van der Waals surface area (Å²) in [5.74, 6) is -1.30. The van der Waals surface area contributed by atoms with Gasteiger partial charge < -0.3 is 0 Å². The van der Waals surface area contributed by atoms with Crippen molar-refractivity contribution < 1.29 is 17.6 Å². The first-order valence-corrected chi connectivity index (χ1v) is 5.85. The lowest BCUT2D eigenvalue weighted by Crippen LogP contribution is -2.08. The van der Waals surface area contributed by atoms with Crippen LogP contribution in [0.2, 0.25) is 0 Å². The van der Waals surface area contributed by atoms with Gasteiger partial charge in [-0.25, -0.2) is 4.39 Å². The van der Waals surface area contributed by atoms with E-state index in [2.05, 4.69) is 26.1 Å². The van der Waals surface area contributed by atoms with Crippen molar-refractivity contribution in [3.63, 3.8) is 0 Å². The molecule has 0 N–H and O–H groups in total. The third-order valence-electron chi connectivity index (χ3n) is 1.92. The lowest BCUT2D eigenvalue weighted by molar-refractivity contribution is -0.139. The van der Waals surface area contributed by atoms with Gasteiger partial charge in [-0.1, -0.05) is 11.3 Å². The molecule has 90 valence electrons. The molecule has 0 amide bonds. The monoisotopic (exact) mass is 326 g/mol. The van der Waals surface area contributed by atoms with E-state index >= 15 is 0 Å². The van der Waals surface area contributed by atoms with Crippen LogP contribution in [-0.2, 0) is 6.18 Å². The number of aromatic nitrogens is 2. The molecule has 1 aromatic heterocycles.